The highest BCUT2D eigenvalue weighted by molar-refractivity contribution is 5.95. The van der Waals surface area contributed by atoms with Crippen molar-refractivity contribution in [1.82, 2.24) is 19.9 Å². The average molecular weight is 667 g/mol. The Bertz CT molecular complexity index is 2050. The Morgan fingerprint density at radius 3 is 1.34 bits per heavy atom. The maximum atomic E-state index is 11.3. The molecule has 50 heavy (non-hydrogen) atoms. The van der Waals surface area contributed by atoms with Gasteiger partial charge in [-0.15, -0.1) is 0 Å². The summed E-state index contributed by atoms with van der Waals surface area (Å²) in [6.45, 7) is 15.7. The van der Waals surface area contributed by atoms with E-state index >= 15 is 0 Å². The molecule has 7 heterocycles. The third-order valence-electron chi connectivity index (χ3n) is 11.7. The van der Waals surface area contributed by atoms with Gasteiger partial charge in [0.1, 0.15) is 5.75 Å². The second kappa shape index (κ2) is 14.1. The molecule has 0 amide bonds. The summed E-state index contributed by atoms with van der Waals surface area (Å²) in [6, 6.07) is 13.5. The smallest absolute Gasteiger partial charge is 0.121 e. The molecule has 1 aromatic carbocycles. The Balaban J connectivity index is 1.46. The molecule has 0 saturated carbocycles. The summed E-state index contributed by atoms with van der Waals surface area (Å²) in [5.41, 5.74) is 22.8. The number of fused-ring (bicyclic) bond motifs is 8. The number of allylic oxidation sites excluding steroid dienone is 4. The molecular formula is C45H54N4O. The van der Waals surface area contributed by atoms with Crippen molar-refractivity contribution in [2.45, 2.75) is 126 Å². The lowest BCUT2D eigenvalue weighted by atomic mass is 9.94. The summed E-state index contributed by atoms with van der Waals surface area (Å²) < 4.78 is 0. The fourth-order valence-electron chi connectivity index (χ4n) is 8.66. The maximum absolute atomic E-state index is 11.3. The van der Waals surface area contributed by atoms with Crippen LogP contribution in [-0.2, 0) is 25.7 Å². The Morgan fingerprint density at radius 2 is 0.920 bits per heavy atom. The first-order chi connectivity index (χ1) is 24.2. The summed E-state index contributed by atoms with van der Waals surface area (Å²) >= 11 is 0. The van der Waals surface area contributed by atoms with E-state index in [1.807, 2.05) is 0 Å². The molecule has 4 aliphatic rings. The number of aromatic amines is 2. The zero-order valence-corrected chi connectivity index (χ0v) is 31.3. The summed E-state index contributed by atoms with van der Waals surface area (Å²) in [5.74, 6) is 0.521. The van der Waals surface area contributed by atoms with E-state index < -0.39 is 0 Å². The van der Waals surface area contributed by atoms with Crippen molar-refractivity contribution in [3.8, 4) is 5.75 Å². The van der Waals surface area contributed by atoms with Crippen LogP contribution in [0.15, 0.2) is 36.4 Å². The van der Waals surface area contributed by atoms with Gasteiger partial charge in [0.05, 0.1) is 22.8 Å². The van der Waals surface area contributed by atoms with Crippen LogP contribution in [-0.4, -0.2) is 25.0 Å². The van der Waals surface area contributed by atoms with E-state index in [0.717, 1.165) is 133 Å². The number of phenols is 1. The third-order valence-corrected chi connectivity index (χ3v) is 11.7. The highest BCUT2D eigenvalue weighted by Crippen LogP contribution is 2.38. The van der Waals surface area contributed by atoms with Crippen molar-refractivity contribution in [2.24, 2.45) is 0 Å². The fraction of sp³-hybridized carbons (Fsp3) is 0.422. The number of rotatable bonds is 2. The monoisotopic (exact) mass is 666 g/mol. The number of nitrogens with zero attached hydrogens (tertiary/aromatic N) is 2. The molecule has 260 valence electrons. The van der Waals surface area contributed by atoms with Gasteiger partial charge in [-0.1, -0.05) is 44.4 Å². The first-order valence-corrected chi connectivity index (χ1v) is 19.1. The van der Waals surface area contributed by atoms with Crippen molar-refractivity contribution < 1.29 is 5.11 Å². The summed E-state index contributed by atoms with van der Waals surface area (Å²) in [5, 5.41) is 11.3. The predicted molar refractivity (Wildman–Crippen MR) is 211 cm³/mol. The van der Waals surface area contributed by atoms with E-state index in [4.69, 9.17) is 9.97 Å². The molecule has 0 spiro atoms. The molecule has 0 radical (unpaired) electrons. The Labute approximate surface area is 298 Å². The topological polar surface area (TPSA) is 77.6 Å². The van der Waals surface area contributed by atoms with E-state index in [2.05, 4.69) is 94.8 Å². The number of hydrogen-bond acceptors (Lipinski definition) is 3. The average Bonchev–Trinajstić information content (AvgIpc) is 3.75. The minimum absolute atomic E-state index is 0.521. The van der Waals surface area contributed by atoms with Gasteiger partial charge in [-0.25, -0.2) is 9.97 Å². The molecule has 5 heteroatoms. The molecule has 0 saturated heterocycles. The molecule has 0 aliphatic carbocycles. The van der Waals surface area contributed by atoms with Gasteiger partial charge in [-0.05, 0) is 179 Å². The molecular weight excluding hydrogens is 613 g/mol. The predicted octanol–water partition coefficient (Wildman–Crippen LogP) is 11.9. The number of nitrogens with one attached hydrogen (secondary N) is 2. The van der Waals surface area contributed by atoms with Crippen LogP contribution in [0.2, 0.25) is 0 Å². The number of H-pyrrole nitrogens is 2. The standard InChI is InChI=1S/C45H54N4O/c1-8-33-27(4)37-22-39-30(7)36-19-15-11-13-17-32-21-26(3)20-31(45(32)50)16-12-10-14-18-35-29(6)40(48-43(35)24-41(33)46-37)23-38-28(5)34(9-2)42(47-38)25-44(36)49-39/h20-25,46-47,50H,8-19H2,1-7H3. The normalized spacial score (nSPS) is 16.0. The van der Waals surface area contributed by atoms with Gasteiger partial charge in [0, 0.05) is 22.1 Å². The molecule has 4 aliphatic heterocycles. The summed E-state index contributed by atoms with van der Waals surface area (Å²) in [4.78, 5) is 18.3. The quantitative estimate of drug-likeness (QED) is 0.199. The zero-order valence-electron chi connectivity index (χ0n) is 31.3. The van der Waals surface area contributed by atoms with Crippen molar-refractivity contribution in [1.29, 1.82) is 0 Å². The van der Waals surface area contributed by atoms with E-state index in [1.54, 1.807) is 0 Å². The van der Waals surface area contributed by atoms with Gasteiger partial charge in [0.15, 0.2) is 0 Å². The lowest BCUT2D eigenvalue weighted by Crippen LogP contribution is -1.95. The maximum Gasteiger partial charge on any atom is 0.121 e. The zero-order chi connectivity index (χ0) is 35.1. The van der Waals surface area contributed by atoms with Crippen molar-refractivity contribution in [3.05, 3.63) is 98.1 Å². The van der Waals surface area contributed by atoms with Crippen LogP contribution in [0.25, 0.3) is 44.4 Å². The van der Waals surface area contributed by atoms with Crippen LogP contribution in [0.3, 0.4) is 0 Å². The summed E-state index contributed by atoms with van der Waals surface area (Å²) in [7, 11) is 0. The van der Waals surface area contributed by atoms with Crippen LogP contribution >= 0.6 is 0 Å². The van der Waals surface area contributed by atoms with Crippen molar-refractivity contribution in [3.63, 3.8) is 0 Å². The number of aryl methyl sites for hydroxylation is 7. The SMILES string of the molecule is CCc1c(C)c2cc3nc4cc5[nH]c(cc6nc(cc1[nH]2)C(=C6C)CCCCCc1cc(C)cc(c1O)CCCCCC4=C3C)c(C)c5CC. The largest absolute Gasteiger partial charge is 0.507 e. The Hall–Kier alpha value is -4.38. The molecule has 4 aromatic rings. The molecule has 0 atom stereocenters. The Kier molecular flexibility index (Phi) is 9.61. The first-order valence-electron chi connectivity index (χ1n) is 19.1. The second-order valence-corrected chi connectivity index (χ2v) is 14.9. The highest BCUT2D eigenvalue weighted by atomic mass is 16.3. The molecule has 0 fully saturated rings. The van der Waals surface area contributed by atoms with Gasteiger partial charge < -0.3 is 15.1 Å². The molecule has 0 unspecified atom stereocenters. The van der Waals surface area contributed by atoms with Crippen molar-refractivity contribution >= 4 is 44.4 Å². The van der Waals surface area contributed by atoms with Gasteiger partial charge in [0.2, 0.25) is 0 Å². The lowest BCUT2D eigenvalue weighted by Gasteiger charge is -2.12. The van der Waals surface area contributed by atoms with Gasteiger partial charge in [-0.3, -0.25) is 0 Å². The lowest BCUT2D eigenvalue weighted by molar-refractivity contribution is 0.457. The first kappa shape index (κ1) is 34.1. The van der Waals surface area contributed by atoms with E-state index in [-0.39, 0.29) is 0 Å². The number of phenolic OH excluding ortho intramolecular Hbond substituents is 1. The minimum Gasteiger partial charge on any atom is -0.507 e. The molecule has 3 aromatic heterocycles. The van der Waals surface area contributed by atoms with Crippen molar-refractivity contribution in [2.75, 3.05) is 0 Å². The third kappa shape index (κ3) is 6.36. The second-order valence-electron chi connectivity index (χ2n) is 14.9. The Morgan fingerprint density at radius 1 is 0.520 bits per heavy atom. The van der Waals surface area contributed by atoms with Crippen LogP contribution in [0.1, 0.15) is 141 Å². The van der Waals surface area contributed by atoms with E-state index in [0.29, 0.717) is 5.75 Å². The van der Waals surface area contributed by atoms with Gasteiger partial charge >= 0.3 is 0 Å². The highest BCUT2D eigenvalue weighted by Gasteiger charge is 2.21. The molecule has 8 rings (SSSR count). The number of benzene rings is 1. The number of aromatic nitrogens is 4. The van der Waals surface area contributed by atoms with Crippen LogP contribution in [0.5, 0.6) is 5.75 Å². The molecule has 5 nitrogen and oxygen atoms in total. The number of hydrogen-bond donors (Lipinski definition) is 3. The van der Waals surface area contributed by atoms with Crippen LogP contribution in [0.4, 0.5) is 0 Å². The van der Waals surface area contributed by atoms with Crippen LogP contribution in [0, 0.1) is 20.8 Å². The van der Waals surface area contributed by atoms with E-state index in [1.165, 1.54) is 50.1 Å². The molecule has 12 bridgehead atoms. The summed E-state index contributed by atoms with van der Waals surface area (Å²) in [6.07, 6.45) is 12.2. The molecule has 3 N–H and O–H groups in total. The minimum atomic E-state index is 0.521. The van der Waals surface area contributed by atoms with Gasteiger partial charge in [0.25, 0.3) is 0 Å². The van der Waals surface area contributed by atoms with E-state index in [9.17, 15) is 5.11 Å². The van der Waals surface area contributed by atoms with Gasteiger partial charge in [-0.2, -0.15) is 0 Å². The number of aromatic hydroxyl groups is 1. The fourth-order valence-corrected chi connectivity index (χ4v) is 8.66. The van der Waals surface area contributed by atoms with Crippen LogP contribution < -0.4 is 0 Å².